The van der Waals surface area contributed by atoms with Gasteiger partial charge in [0.15, 0.2) is 0 Å². The SMILES string of the molecule is CCC(CO)NC(=O)CCOc1ccc(C)cc1Br. The Balaban J connectivity index is 2.35. The molecule has 1 unspecified atom stereocenters. The van der Waals surface area contributed by atoms with Gasteiger partial charge in [0.25, 0.3) is 0 Å². The van der Waals surface area contributed by atoms with Gasteiger partial charge in [0, 0.05) is 0 Å². The molecule has 0 radical (unpaired) electrons. The van der Waals surface area contributed by atoms with Crippen LogP contribution in [0.2, 0.25) is 0 Å². The van der Waals surface area contributed by atoms with E-state index in [4.69, 9.17) is 9.84 Å². The van der Waals surface area contributed by atoms with Crippen LogP contribution >= 0.6 is 15.9 Å². The Morgan fingerprint density at radius 2 is 2.26 bits per heavy atom. The quantitative estimate of drug-likeness (QED) is 0.807. The summed E-state index contributed by atoms with van der Waals surface area (Å²) < 4.78 is 6.43. The van der Waals surface area contributed by atoms with E-state index in [2.05, 4.69) is 21.2 Å². The highest BCUT2D eigenvalue weighted by atomic mass is 79.9. The zero-order valence-electron chi connectivity index (χ0n) is 11.3. The number of aliphatic hydroxyl groups excluding tert-OH is 1. The van der Waals surface area contributed by atoms with E-state index in [9.17, 15) is 4.79 Å². The van der Waals surface area contributed by atoms with Crippen LogP contribution in [0, 0.1) is 6.92 Å². The average molecular weight is 330 g/mol. The van der Waals surface area contributed by atoms with Gasteiger partial charge >= 0.3 is 0 Å². The first-order chi connectivity index (χ1) is 9.06. The Labute approximate surface area is 122 Å². The van der Waals surface area contributed by atoms with Crippen molar-refractivity contribution in [3.63, 3.8) is 0 Å². The van der Waals surface area contributed by atoms with E-state index < -0.39 is 0 Å². The van der Waals surface area contributed by atoms with Crippen molar-refractivity contribution in [1.82, 2.24) is 5.32 Å². The molecule has 0 heterocycles. The number of rotatable bonds is 7. The molecule has 0 aliphatic heterocycles. The van der Waals surface area contributed by atoms with Crippen LogP contribution in [-0.2, 0) is 4.79 Å². The second-order valence-electron chi connectivity index (χ2n) is 4.39. The number of hydrogen-bond acceptors (Lipinski definition) is 3. The molecule has 0 saturated heterocycles. The average Bonchev–Trinajstić information content (AvgIpc) is 2.38. The summed E-state index contributed by atoms with van der Waals surface area (Å²) in [5.74, 6) is 0.622. The van der Waals surface area contributed by atoms with Crippen molar-refractivity contribution < 1.29 is 14.6 Å². The number of aryl methyl sites for hydroxylation is 1. The van der Waals surface area contributed by atoms with Crippen LogP contribution in [0.3, 0.4) is 0 Å². The summed E-state index contributed by atoms with van der Waals surface area (Å²) >= 11 is 3.42. The topological polar surface area (TPSA) is 58.6 Å². The number of hydrogen-bond donors (Lipinski definition) is 2. The van der Waals surface area contributed by atoms with Crippen molar-refractivity contribution in [3.8, 4) is 5.75 Å². The predicted octanol–water partition coefficient (Wildman–Crippen LogP) is 2.41. The molecule has 0 saturated carbocycles. The Morgan fingerprint density at radius 3 is 2.84 bits per heavy atom. The van der Waals surface area contributed by atoms with Crippen LogP contribution in [0.15, 0.2) is 22.7 Å². The standard InChI is InChI=1S/C14H20BrNO3/c1-3-11(9-17)16-14(18)6-7-19-13-5-4-10(2)8-12(13)15/h4-5,8,11,17H,3,6-7,9H2,1-2H3,(H,16,18). The van der Waals surface area contributed by atoms with Gasteiger partial charge in [0.1, 0.15) is 5.75 Å². The number of aliphatic hydroxyl groups is 1. The number of halogens is 1. The molecule has 1 aromatic rings. The molecule has 0 bridgehead atoms. The van der Waals surface area contributed by atoms with E-state index >= 15 is 0 Å². The number of carbonyl (C=O) groups excluding carboxylic acids is 1. The monoisotopic (exact) mass is 329 g/mol. The Bertz CT molecular complexity index is 419. The zero-order valence-corrected chi connectivity index (χ0v) is 12.9. The fourth-order valence-corrected chi connectivity index (χ4v) is 2.16. The molecule has 5 heteroatoms. The highest BCUT2D eigenvalue weighted by Gasteiger charge is 2.09. The molecule has 1 amide bonds. The predicted molar refractivity (Wildman–Crippen MR) is 78.3 cm³/mol. The second kappa shape index (κ2) is 8.17. The highest BCUT2D eigenvalue weighted by Crippen LogP contribution is 2.25. The maximum Gasteiger partial charge on any atom is 0.223 e. The Hall–Kier alpha value is -1.07. The fraction of sp³-hybridized carbons (Fsp3) is 0.500. The van der Waals surface area contributed by atoms with Crippen molar-refractivity contribution in [2.45, 2.75) is 32.7 Å². The maximum absolute atomic E-state index is 11.6. The summed E-state index contributed by atoms with van der Waals surface area (Å²) in [5.41, 5.74) is 1.14. The fourth-order valence-electron chi connectivity index (χ4n) is 1.55. The minimum atomic E-state index is -0.168. The number of nitrogens with one attached hydrogen (secondary N) is 1. The molecule has 1 atom stereocenters. The van der Waals surface area contributed by atoms with E-state index in [0.717, 1.165) is 15.8 Å². The van der Waals surface area contributed by atoms with Crippen LogP contribution in [0.4, 0.5) is 0 Å². The maximum atomic E-state index is 11.6. The lowest BCUT2D eigenvalue weighted by atomic mass is 10.2. The van der Waals surface area contributed by atoms with E-state index in [1.165, 1.54) is 0 Å². The van der Waals surface area contributed by atoms with E-state index in [1.54, 1.807) is 0 Å². The highest BCUT2D eigenvalue weighted by molar-refractivity contribution is 9.10. The van der Waals surface area contributed by atoms with Crippen LogP contribution in [0.5, 0.6) is 5.75 Å². The molecule has 0 aliphatic rings. The largest absolute Gasteiger partial charge is 0.492 e. The molecule has 1 aromatic carbocycles. The normalized spacial score (nSPS) is 12.0. The number of carbonyl (C=O) groups is 1. The molecule has 0 fully saturated rings. The molecule has 0 aliphatic carbocycles. The first-order valence-electron chi connectivity index (χ1n) is 6.36. The van der Waals surface area contributed by atoms with Gasteiger partial charge in [-0.3, -0.25) is 4.79 Å². The lowest BCUT2D eigenvalue weighted by Gasteiger charge is -2.14. The van der Waals surface area contributed by atoms with Crippen LogP contribution in [0.25, 0.3) is 0 Å². The lowest BCUT2D eigenvalue weighted by Crippen LogP contribution is -2.37. The van der Waals surface area contributed by atoms with Crippen molar-refractivity contribution in [1.29, 1.82) is 0 Å². The van der Waals surface area contributed by atoms with Crippen LogP contribution < -0.4 is 10.1 Å². The smallest absolute Gasteiger partial charge is 0.223 e. The zero-order chi connectivity index (χ0) is 14.3. The van der Waals surface area contributed by atoms with Gasteiger partial charge in [-0.1, -0.05) is 13.0 Å². The van der Waals surface area contributed by atoms with Crippen LogP contribution in [-0.4, -0.2) is 30.3 Å². The van der Waals surface area contributed by atoms with Crippen molar-refractivity contribution in [3.05, 3.63) is 28.2 Å². The van der Waals surface area contributed by atoms with E-state index in [-0.39, 0.29) is 25.0 Å². The Morgan fingerprint density at radius 1 is 1.53 bits per heavy atom. The van der Waals surface area contributed by atoms with Gasteiger partial charge in [-0.2, -0.15) is 0 Å². The van der Waals surface area contributed by atoms with Gasteiger partial charge in [0.05, 0.1) is 30.1 Å². The summed E-state index contributed by atoms with van der Waals surface area (Å²) in [6.45, 7) is 4.20. The van der Waals surface area contributed by atoms with Crippen molar-refractivity contribution in [2.75, 3.05) is 13.2 Å². The second-order valence-corrected chi connectivity index (χ2v) is 5.24. The van der Waals surface area contributed by atoms with E-state index in [1.807, 2.05) is 32.0 Å². The minimum absolute atomic E-state index is 0.0351. The first-order valence-corrected chi connectivity index (χ1v) is 7.15. The van der Waals surface area contributed by atoms with Gasteiger partial charge in [0.2, 0.25) is 5.91 Å². The van der Waals surface area contributed by atoms with Crippen molar-refractivity contribution in [2.24, 2.45) is 0 Å². The molecule has 106 valence electrons. The molecule has 1 rings (SSSR count). The molecular formula is C14H20BrNO3. The van der Waals surface area contributed by atoms with E-state index in [0.29, 0.717) is 13.0 Å². The molecule has 0 aromatic heterocycles. The van der Waals surface area contributed by atoms with Crippen molar-refractivity contribution >= 4 is 21.8 Å². The summed E-state index contributed by atoms with van der Waals surface area (Å²) in [6, 6.07) is 5.63. The first kappa shape index (κ1) is 16.0. The number of amides is 1. The third-order valence-corrected chi connectivity index (χ3v) is 3.37. The molecule has 0 spiro atoms. The third-order valence-electron chi connectivity index (χ3n) is 2.75. The van der Waals surface area contributed by atoms with Crippen LogP contribution in [0.1, 0.15) is 25.3 Å². The summed E-state index contributed by atoms with van der Waals surface area (Å²) in [5, 5.41) is 11.7. The van der Waals surface area contributed by atoms with Gasteiger partial charge in [-0.05, 0) is 47.0 Å². The number of ether oxygens (including phenoxy) is 1. The third kappa shape index (κ3) is 5.61. The van der Waals surface area contributed by atoms with Gasteiger partial charge in [-0.25, -0.2) is 0 Å². The molecule has 19 heavy (non-hydrogen) atoms. The summed E-state index contributed by atoms with van der Waals surface area (Å²) in [6.07, 6.45) is 0.990. The molecule has 2 N–H and O–H groups in total. The van der Waals surface area contributed by atoms with Gasteiger partial charge < -0.3 is 15.2 Å². The molecular weight excluding hydrogens is 310 g/mol. The minimum Gasteiger partial charge on any atom is -0.492 e. The number of benzene rings is 1. The Kier molecular flexibility index (Phi) is 6.87. The van der Waals surface area contributed by atoms with Gasteiger partial charge in [-0.15, -0.1) is 0 Å². The summed E-state index contributed by atoms with van der Waals surface area (Å²) in [7, 11) is 0. The lowest BCUT2D eigenvalue weighted by molar-refractivity contribution is -0.122. The summed E-state index contributed by atoms with van der Waals surface area (Å²) in [4.78, 5) is 11.6. The molecule has 4 nitrogen and oxygen atoms in total.